The lowest BCUT2D eigenvalue weighted by Gasteiger charge is -2.18. The van der Waals surface area contributed by atoms with Gasteiger partial charge in [-0.05, 0) is 44.9 Å². The monoisotopic (exact) mass is 731 g/mol. The predicted molar refractivity (Wildman–Crippen MR) is 223 cm³/mol. The summed E-state index contributed by atoms with van der Waals surface area (Å²) in [5, 5.41) is 0. The Morgan fingerprint density at radius 2 is 0.736 bits per heavy atom. The molecule has 0 heterocycles. The van der Waals surface area contributed by atoms with Crippen molar-refractivity contribution in [2.75, 3.05) is 13.2 Å². The van der Waals surface area contributed by atoms with Gasteiger partial charge in [0.1, 0.15) is 13.2 Å². The molecular weight excluding hydrogens is 661 g/mol. The third-order valence-electron chi connectivity index (χ3n) is 7.72. The summed E-state index contributed by atoms with van der Waals surface area (Å²) < 4.78 is 16.5. The zero-order valence-electron chi connectivity index (χ0n) is 33.2. The van der Waals surface area contributed by atoms with Crippen LogP contribution in [-0.2, 0) is 28.6 Å². The van der Waals surface area contributed by atoms with Crippen LogP contribution in [0.2, 0.25) is 0 Å². The summed E-state index contributed by atoms with van der Waals surface area (Å²) in [6.45, 7) is 6.14. The minimum atomic E-state index is -0.842. The molecule has 1 atom stereocenters. The summed E-state index contributed by atoms with van der Waals surface area (Å²) in [6.07, 6.45) is 54.8. The fraction of sp³-hybridized carbons (Fsp3) is 0.511. The molecule has 0 saturated heterocycles. The molecule has 0 saturated carbocycles. The van der Waals surface area contributed by atoms with Gasteiger partial charge in [-0.15, -0.1) is 0 Å². The molecule has 0 amide bonds. The predicted octanol–water partition coefficient (Wildman–Crippen LogP) is 12.6. The fourth-order valence-electron chi connectivity index (χ4n) is 4.73. The molecule has 6 nitrogen and oxygen atoms in total. The second-order valence-corrected chi connectivity index (χ2v) is 12.7. The molecule has 53 heavy (non-hydrogen) atoms. The van der Waals surface area contributed by atoms with E-state index in [4.69, 9.17) is 14.2 Å². The summed E-state index contributed by atoms with van der Waals surface area (Å²) in [5.74, 6) is -1.11. The van der Waals surface area contributed by atoms with E-state index in [2.05, 4.69) is 32.9 Å². The topological polar surface area (TPSA) is 78.9 Å². The number of carbonyl (C=O) groups excluding carboxylic acids is 3. The van der Waals surface area contributed by atoms with Crippen molar-refractivity contribution in [2.45, 2.75) is 142 Å². The van der Waals surface area contributed by atoms with Crippen molar-refractivity contribution < 1.29 is 28.6 Å². The first kappa shape index (κ1) is 48.8. The van der Waals surface area contributed by atoms with E-state index in [-0.39, 0.29) is 38.0 Å². The van der Waals surface area contributed by atoms with Crippen LogP contribution in [-0.4, -0.2) is 37.2 Å². The molecule has 0 aromatic carbocycles. The molecule has 294 valence electrons. The van der Waals surface area contributed by atoms with Crippen LogP contribution in [0.15, 0.2) is 122 Å². The number of allylic oxidation sites excluding steroid dienone is 20. The van der Waals surface area contributed by atoms with Crippen molar-refractivity contribution in [1.82, 2.24) is 0 Å². The SMILES string of the molecule is CC\C=C/C=C\C=C/C=C\C=C/CCCC(=O)OCC(COC(=O)CCCCCCCCCCC)OC(=O)CCC\C=C/C=C\C=C/C=C\C=C/CC. The number of hydrogen-bond donors (Lipinski definition) is 0. The summed E-state index contributed by atoms with van der Waals surface area (Å²) in [6, 6.07) is 0. The third-order valence-corrected chi connectivity index (χ3v) is 7.72. The van der Waals surface area contributed by atoms with Crippen LogP contribution in [0, 0.1) is 0 Å². The molecule has 6 heteroatoms. The average Bonchev–Trinajstić information content (AvgIpc) is 3.15. The van der Waals surface area contributed by atoms with E-state index < -0.39 is 12.1 Å². The van der Waals surface area contributed by atoms with E-state index in [1.54, 1.807) is 0 Å². The van der Waals surface area contributed by atoms with Gasteiger partial charge in [0.15, 0.2) is 6.10 Å². The van der Waals surface area contributed by atoms with E-state index >= 15 is 0 Å². The van der Waals surface area contributed by atoms with Crippen LogP contribution in [0.25, 0.3) is 0 Å². The quantitative estimate of drug-likeness (QED) is 0.0289. The molecule has 0 aliphatic rings. The molecule has 0 aromatic rings. The largest absolute Gasteiger partial charge is 0.462 e. The first-order chi connectivity index (χ1) is 26.0. The van der Waals surface area contributed by atoms with Crippen LogP contribution in [0.1, 0.15) is 136 Å². The minimum Gasteiger partial charge on any atom is -0.462 e. The molecule has 0 spiro atoms. The standard InChI is InChI=1S/C47H70O6/c1-4-7-10-13-16-19-21-23-25-28-31-34-37-40-46(49)52-43-44(42-51-45(48)39-36-33-30-27-18-15-12-9-6-3)53-47(50)41-38-35-32-29-26-24-22-20-17-14-11-8-5-2/h7-8,10-11,13-14,16-17,19-26,28-29,31-32,44H,4-6,9,12,15,18,27,30,33-43H2,1-3H3/b10-7-,11-8-,16-13-,17-14-,21-19-,22-20-,25-23-,26-24-,31-28-,32-29-. The Kier molecular flexibility index (Phi) is 37.4. The minimum absolute atomic E-state index is 0.133. The van der Waals surface area contributed by atoms with E-state index in [1.165, 1.54) is 38.5 Å². The van der Waals surface area contributed by atoms with Crippen LogP contribution in [0.5, 0.6) is 0 Å². The highest BCUT2D eigenvalue weighted by atomic mass is 16.6. The van der Waals surface area contributed by atoms with Crippen LogP contribution in [0.4, 0.5) is 0 Å². The Morgan fingerprint density at radius 3 is 1.15 bits per heavy atom. The van der Waals surface area contributed by atoms with Gasteiger partial charge in [-0.2, -0.15) is 0 Å². The summed E-state index contributed by atoms with van der Waals surface area (Å²) >= 11 is 0. The number of ether oxygens (including phenoxy) is 3. The maximum absolute atomic E-state index is 12.6. The Morgan fingerprint density at radius 1 is 0.396 bits per heavy atom. The van der Waals surface area contributed by atoms with Gasteiger partial charge in [-0.25, -0.2) is 0 Å². The second kappa shape index (κ2) is 40.6. The molecular formula is C47H70O6. The van der Waals surface area contributed by atoms with Crippen LogP contribution >= 0.6 is 0 Å². The van der Waals surface area contributed by atoms with Gasteiger partial charge in [-0.3, -0.25) is 14.4 Å². The number of hydrogen-bond acceptors (Lipinski definition) is 6. The number of unbranched alkanes of at least 4 members (excludes halogenated alkanes) is 10. The van der Waals surface area contributed by atoms with Crippen molar-refractivity contribution in [2.24, 2.45) is 0 Å². The smallest absolute Gasteiger partial charge is 0.306 e. The van der Waals surface area contributed by atoms with Crippen molar-refractivity contribution in [3.8, 4) is 0 Å². The maximum atomic E-state index is 12.6. The molecule has 0 aromatic heterocycles. The van der Waals surface area contributed by atoms with Crippen molar-refractivity contribution in [3.63, 3.8) is 0 Å². The normalized spacial score (nSPS) is 13.3. The number of carbonyl (C=O) groups is 3. The van der Waals surface area contributed by atoms with Crippen molar-refractivity contribution in [1.29, 1.82) is 0 Å². The van der Waals surface area contributed by atoms with Crippen molar-refractivity contribution >= 4 is 17.9 Å². The molecule has 0 radical (unpaired) electrons. The van der Waals surface area contributed by atoms with E-state index in [9.17, 15) is 14.4 Å². The lowest BCUT2D eigenvalue weighted by Crippen LogP contribution is -2.30. The van der Waals surface area contributed by atoms with Gasteiger partial charge < -0.3 is 14.2 Å². The van der Waals surface area contributed by atoms with Gasteiger partial charge in [-0.1, -0.05) is 194 Å². The van der Waals surface area contributed by atoms with E-state index in [0.29, 0.717) is 25.7 Å². The summed E-state index contributed by atoms with van der Waals surface area (Å²) in [5.41, 5.74) is 0. The van der Waals surface area contributed by atoms with Crippen LogP contribution < -0.4 is 0 Å². The fourth-order valence-corrected chi connectivity index (χ4v) is 4.73. The van der Waals surface area contributed by atoms with Gasteiger partial charge in [0.2, 0.25) is 0 Å². The third kappa shape index (κ3) is 38.9. The summed E-state index contributed by atoms with van der Waals surface area (Å²) in [7, 11) is 0. The Bertz CT molecular complexity index is 1210. The van der Waals surface area contributed by atoms with Gasteiger partial charge in [0.25, 0.3) is 0 Å². The first-order valence-electron chi connectivity index (χ1n) is 20.2. The highest BCUT2D eigenvalue weighted by Gasteiger charge is 2.19. The second-order valence-electron chi connectivity index (χ2n) is 12.7. The Balaban J connectivity index is 4.67. The first-order valence-corrected chi connectivity index (χ1v) is 20.2. The van der Waals surface area contributed by atoms with Crippen molar-refractivity contribution in [3.05, 3.63) is 122 Å². The number of esters is 3. The van der Waals surface area contributed by atoms with E-state index in [0.717, 1.165) is 38.5 Å². The molecule has 0 aliphatic carbocycles. The van der Waals surface area contributed by atoms with Gasteiger partial charge >= 0.3 is 17.9 Å². The highest BCUT2D eigenvalue weighted by Crippen LogP contribution is 2.12. The lowest BCUT2D eigenvalue weighted by atomic mass is 10.1. The Hall–Kier alpha value is -4.19. The Labute approximate surface area is 322 Å². The highest BCUT2D eigenvalue weighted by molar-refractivity contribution is 5.71. The molecule has 0 N–H and O–H groups in total. The maximum Gasteiger partial charge on any atom is 0.306 e. The van der Waals surface area contributed by atoms with Gasteiger partial charge in [0.05, 0.1) is 0 Å². The average molecular weight is 731 g/mol. The summed E-state index contributed by atoms with van der Waals surface area (Å²) in [4.78, 5) is 37.5. The van der Waals surface area contributed by atoms with E-state index in [1.807, 2.05) is 109 Å². The molecule has 1 unspecified atom stereocenters. The van der Waals surface area contributed by atoms with Crippen LogP contribution in [0.3, 0.4) is 0 Å². The molecule has 0 aliphatic heterocycles. The zero-order chi connectivity index (χ0) is 38.7. The molecule has 0 fully saturated rings. The number of rotatable bonds is 33. The molecule has 0 rings (SSSR count). The zero-order valence-corrected chi connectivity index (χ0v) is 33.2. The lowest BCUT2D eigenvalue weighted by molar-refractivity contribution is -0.167. The molecule has 0 bridgehead atoms. The van der Waals surface area contributed by atoms with Gasteiger partial charge in [0, 0.05) is 19.3 Å².